The minimum Gasteiger partial charge on any atom is -0.378 e. The van der Waals surface area contributed by atoms with E-state index in [-0.39, 0.29) is 5.91 Å². The molecule has 0 unspecified atom stereocenters. The summed E-state index contributed by atoms with van der Waals surface area (Å²) in [7, 11) is 0. The number of hydrogen-bond acceptors (Lipinski definition) is 3. The number of rotatable bonds is 4. The number of ether oxygens (including phenoxy) is 1. The summed E-state index contributed by atoms with van der Waals surface area (Å²) in [5, 5.41) is 1.10. The van der Waals surface area contributed by atoms with E-state index in [0.717, 1.165) is 27.7 Å². The number of amides is 1. The van der Waals surface area contributed by atoms with Gasteiger partial charge >= 0.3 is 0 Å². The number of nitrogens with zero attached hydrogens (tertiary/aromatic N) is 3. The molecule has 1 aliphatic rings. The van der Waals surface area contributed by atoms with Crippen LogP contribution in [-0.2, 0) is 16.1 Å². The van der Waals surface area contributed by atoms with Gasteiger partial charge in [0, 0.05) is 42.0 Å². The molecule has 28 heavy (non-hydrogen) atoms. The number of hydrogen-bond donors (Lipinski definition) is 0. The number of carbonyl (C=O) groups is 1. The largest absolute Gasteiger partial charge is 0.378 e. The zero-order chi connectivity index (χ0) is 19.5. The van der Waals surface area contributed by atoms with E-state index in [2.05, 4.69) is 44.2 Å². The van der Waals surface area contributed by atoms with Crippen molar-refractivity contribution < 1.29 is 9.53 Å². The van der Waals surface area contributed by atoms with Gasteiger partial charge in [-0.2, -0.15) is 0 Å². The van der Waals surface area contributed by atoms with E-state index >= 15 is 0 Å². The molecule has 1 fully saturated rings. The van der Waals surface area contributed by atoms with Crippen LogP contribution in [0.4, 0.5) is 5.69 Å². The number of fused-ring (bicyclic) bond motifs is 1. The summed E-state index contributed by atoms with van der Waals surface area (Å²) in [5.41, 5.74) is 5.38. The Morgan fingerprint density at radius 3 is 2.75 bits per heavy atom. The van der Waals surface area contributed by atoms with Crippen molar-refractivity contribution >= 4 is 28.7 Å². The highest BCUT2D eigenvalue weighted by Gasteiger charge is 2.18. The van der Waals surface area contributed by atoms with Gasteiger partial charge in [-0.05, 0) is 37.1 Å². The Bertz CT molecular complexity index is 1030. The zero-order valence-corrected chi connectivity index (χ0v) is 16.4. The van der Waals surface area contributed by atoms with Gasteiger partial charge in [0.05, 0.1) is 18.9 Å². The Hall–Kier alpha value is -2.92. The maximum atomic E-state index is 12.7. The van der Waals surface area contributed by atoms with Crippen LogP contribution in [0.2, 0.25) is 0 Å². The van der Waals surface area contributed by atoms with Crippen molar-refractivity contribution in [2.75, 3.05) is 26.3 Å². The fraction of sp³-hybridized carbons (Fsp3) is 0.304. The van der Waals surface area contributed by atoms with Crippen LogP contribution in [0.25, 0.3) is 10.9 Å². The first-order valence-electron chi connectivity index (χ1n) is 9.66. The summed E-state index contributed by atoms with van der Waals surface area (Å²) >= 11 is 0. The average Bonchev–Trinajstić information content (AvgIpc) is 3.07. The van der Waals surface area contributed by atoms with Crippen molar-refractivity contribution in [3.05, 3.63) is 65.4 Å². The van der Waals surface area contributed by atoms with Gasteiger partial charge in [-0.25, -0.2) is 0 Å². The van der Waals surface area contributed by atoms with Crippen LogP contribution >= 0.6 is 0 Å². The van der Waals surface area contributed by atoms with Crippen LogP contribution < -0.4 is 0 Å². The highest BCUT2D eigenvalue weighted by molar-refractivity contribution is 6.00. The molecule has 1 aromatic heterocycles. The molecule has 1 saturated heterocycles. The fourth-order valence-corrected chi connectivity index (χ4v) is 3.56. The average molecular weight is 375 g/mol. The molecule has 0 saturated carbocycles. The van der Waals surface area contributed by atoms with Crippen molar-refractivity contribution in [3.63, 3.8) is 0 Å². The predicted molar refractivity (Wildman–Crippen MR) is 113 cm³/mol. The number of carbonyl (C=O) groups excluding carboxylic acids is 1. The molecular weight excluding hydrogens is 350 g/mol. The Labute approximate surface area is 165 Å². The molecular formula is C23H25N3O2. The molecule has 144 valence electrons. The topological polar surface area (TPSA) is 46.8 Å². The summed E-state index contributed by atoms with van der Waals surface area (Å²) in [6.07, 6.45) is 3.93. The van der Waals surface area contributed by atoms with E-state index in [4.69, 9.17) is 9.73 Å². The van der Waals surface area contributed by atoms with Gasteiger partial charge < -0.3 is 14.2 Å². The Morgan fingerprint density at radius 1 is 1.14 bits per heavy atom. The zero-order valence-electron chi connectivity index (χ0n) is 16.4. The molecule has 1 aliphatic heterocycles. The quantitative estimate of drug-likeness (QED) is 0.650. The smallest absolute Gasteiger partial charge is 0.242 e. The van der Waals surface area contributed by atoms with Gasteiger partial charge in [-0.3, -0.25) is 9.79 Å². The van der Waals surface area contributed by atoms with Gasteiger partial charge in [-0.1, -0.05) is 30.3 Å². The molecule has 1 amide bonds. The van der Waals surface area contributed by atoms with Gasteiger partial charge in [0.1, 0.15) is 6.54 Å². The molecule has 0 aliphatic carbocycles. The maximum absolute atomic E-state index is 12.7. The third-order valence-corrected chi connectivity index (χ3v) is 5.20. The summed E-state index contributed by atoms with van der Waals surface area (Å²) in [5.74, 6) is 0.127. The van der Waals surface area contributed by atoms with Crippen molar-refractivity contribution in [2.45, 2.75) is 20.4 Å². The summed E-state index contributed by atoms with van der Waals surface area (Å²) in [6.45, 7) is 7.03. The fourth-order valence-electron chi connectivity index (χ4n) is 3.56. The van der Waals surface area contributed by atoms with E-state index in [1.807, 2.05) is 34.0 Å². The highest BCUT2D eigenvalue weighted by atomic mass is 16.5. The standard InChI is InChI=1S/C23H25N3O2/c1-17-7-8-18(2)21(13-17)24-14-19-15-26(22-6-4-3-5-20(19)22)16-23(27)25-9-11-28-12-10-25/h3-8,13-15H,9-12,16H2,1-2H3. The molecule has 5 nitrogen and oxygen atoms in total. The SMILES string of the molecule is Cc1ccc(C)c(N=Cc2cn(CC(=O)N3CCOCC3)c3ccccc23)c1. The van der Waals surface area contributed by atoms with Crippen molar-refractivity contribution in [1.29, 1.82) is 0 Å². The molecule has 3 aromatic rings. The molecule has 0 spiro atoms. The third kappa shape index (κ3) is 3.85. The first-order valence-corrected chi connectivity index (χ1v) is 9.66. The van der Waals surface area contributed by atoms with E-state index in [1.165, 1.54) is 5.56 Å². The van der Waals surface area contributed by atoms with Gasteiger partial charge in [0.25, 0.3) is 0 Å². The number of morpholine rings is 1. The second kappa shape index (κ2) is 7.98. The molecule has 2 heterocycles. The van der Waals surface area contributed by atoms with Gasteiger partial charge in [-0.15, -0.1) is 0 Å². The summed E-state index contributed by atoms with van der Waals surface area (Å²) < 4.78 is 7.37. The molecule has 0 atom stereocenters. The normalized spacial score (nSPS) is 14.9. The minimum absolute atomic E-state index is 0.127. The molecule has 0 bridgehead atoms. The Morgan fingerprint density at radius 2 is 1.93 bits per heavy atom. The van der Waals surface area contributed by atoms with Crippen LogP contribution in [0.15, 0.2) is 53.7 Å². The monoisotopic (exact) mass is 375 g/mol. The number of aliphatic imine (C=N–C) groups is 1. The van der Waals surface area contributed by atoms with Gasteiger partial charge in [0.2, 0.25) is 5.91 Å². The Balaban J connectivity index is 1.63. The van der Waals surface area contributed by atoms with Crippen LogP contribution in [0, 0.1) is 13.8 Å². The van der Waals surface area contributed by atoms with Crippen LogP contribution in [0.5, 0.6) is 0 Å². The van der Waals surface area contributed by atoms with Crippen LogP contribution in [0.3, 0.4) is 0 Å². The lowest BCUT2D eigenvalue weighted by Gasteiger charge is -2.27. The van der Waals surface area contributed by atoms with Crippen molar-refractivity contribution in [1.82, 2.24) is 9.47 Å². The molecule has 0 N–H and O–H groups in total. The number of aryl methyl sites for hydroxylation is 2. The van der Waals surface area contributed by atoms with Gasteiger partial charge in [0.15, 0.2) is 0 Å². The lowest BCUT2D eigenvalue weighted by molar-refractivity contribution is -0.135. The Kier molecular flexibility index (Phi) is 5.26. The van der Waals surface area contributed by atoms with Crippen LogP contribution in [0.1, 0.15) is 16.7 Å². The first-order chi connectivity index (χ1) is 13.6. The number of para-hydroxylation sites is 1. The van der Waals surface area contributed by atoms with Crippen molar-refractivity contribution in [2.24, 2.45) is 4.99 Å². The minimum atomic E-state index is 0.127. The third-order valence-electron chi connectivity index (χ3n) is 5.20. The first kappa shape index (κ1) is 18.4. The second-order valence-corrected chi connectivity index (χ2v) is 7.27. The molecule has 2 aromatic carbocycles. The lowest BCUT2D eigenvalue weighted by atomic mass is 10.1. The molecule has 5 heteroatoms. The van der Waals surface area contributed by atoms with E-state index in [1.54, 1.807) is 0 Å². The predicted octanol–water partition coefficient (Wildman–Crippen LogP) is 3.87. The molecule has 4 rings (SSSR count). The number of aromatic nitrogens is 1. The molecule has 0 radical (unpaired) electrons. The van der Waals surface area contributed by atoms with E-state index in [9.17, 15) is 4.79 Å². The second-order valence-electron chi connectivity index (χ2n) is 7.27. The number of benzene rings is 2. The van der Waals surface area contributed by atoms with Crippen LogP contribution in [-0.4, -0.2) is 47.9 Å². The highest BCUT2D eigenvalue weighted by Crippen LogP contribution is 2.23. The summed E-state index contributed by atoms with van der Waals surface area (Å²) in [6, 6.07) is 14.4. The maximum Gasteiger partial charge on any atom is 0.242 e. The van der Waals surface area contributed by atoms with E-state index in [0.29, 0.717) is 32.8 Å². The summed E-state index contributed by atoms with van der Waals surface area (Å²) in [4.78, 5) is 19.3. The lowest BCUT2D eigenvalue weighted by Crippen LogP contribution is -2.42. The van der Waals surface area contributed by atoms with Crippen molar-refractivity contribution in [3.8, 4) is 0 Å². The van der Waals surface area contributed by atoms with E-state index < -0.39 is 0 Å².